The second-order valence-electron chi connectivity index (χ2n) is 6.58. The summed E-state index contributed by atoms with van der Waals surface area (Å²) in [5.74, 6) is -0.719. The third-order valence-corrected chi connectivity index (χ3v) is 4.85. The molecule has 0 aromatic heterocycles. The van der Waals surface area contributed by atoms with E-state index in [0.29, 0.717) is 34.8 Å². The van der Waals surface area contributed by atoms with Gasteiger partial charge in [0.1, 0.15) is 5.41 Å². The molecule has 6 heteroatoms. The quantitative estimate of drug-likeness (QED) is 0.611. The Morgan fingerprint density at radius 1 is 0.962 bits per heavy atom. The lowest BCUT2D eigenvalue weighted by Gasteiger charge is -2.17. The lowest BCUT2D eigenvalue weighted by molar-refractivity contribution is -0.131. The Balaban J connectivity index is 1.71. The third-order valence-electron chi connectivity index (χ3n) is 4.62. The standard InChI is InChI=1S/C20H19ClN2O3/c1-12-3-6-15(21)11-17(12)23-19(26)20(9-10-20)18(25)22-16-7-4-14(5-8-16)13(2)24/h3-8,11H,9-10H2,1-2H3,(H,22,25)(H,23,26). The van der Waals surface area contributed by atoms with Gasteiger partial charge in [-0.25, -0.2) is 0 Å². The second-order valence-corrected chi connectivity index (χ2v) is 7.02. The summed E-state index contributed by atoms with van der Waals surface area (Å²) in [4.78, 5) is 36.6. The lowest BCUT2D eigenvalue weighted by Crippen LogP contribution is -2.35. The molecule has 0 unspecified atom stereocenters. The van der Waals surface area contributed by atoms with Crippen molar-refractivity contribution in [2.75, 3.05) is 10.6 Å². The van der Waals surface area contributed by atoms with Crippen molar-refractivity contribution in [3.8, 4) is 0 Å². The van der Waals surface area contributed by atoms with E-state index in [2.05, 4.69) is 10.6 Å². The summed E-state index contributed by atoms with van der Waals surface area (Å²) in [7, 11) is 0. The minimum atomic E-state index is -1.06. The van der Waals surface area contributed by atoms with Crippen molar-refractivity contribution in [1.82, 2.24) is 0 Å². The molecule has 5 nitrogen and oxygen atoms in total. The summed E-state index contributed by atoms with van der Waals surface area (Å²) in [5, 5.41) is 6.10. The van der Waals surface area contributed by atoms with Crippen LogP contribution in [0.1, 0.15) is 35.7 Å². The molecule has 0 atom stereocenters. The van der Waals surface area contributed by atoms with Crippen LogP contribution in [0.25, 0.3) is 0 Å². The first kappa shape index (κ1) is 18.1. The third kappa shape index (κ3) is 3.63. The average molecular weight is 371 g/mol. The van der Waals surface area contributed by atoms with Gasteiger partial charge in [0.25, 0.3) is 0 Å². The molecule has 1 saturated carbocycles. The molecule has 2 amide bonds. The zero-order valence-electron chi connectivity index (χ0n) is 14.6. The smallest absolute Gasteiger partial charge is 0.240 e. The van der Waals surface area contributed by atoms with Crippen LogP contribution >= 0.6 is 11.6 Å². The monoisotopic (exact) mass is 370 g/mol. The first-order valence-electron chi connectivity index (χ1n) is 8.32. The van der Waals surface area contributed by atoms with Crippen LogP contribution in [-0.2, 0) is 9.59 Å². The Morgan fingerprint density at radius 3 is 2.15 bits per heavy atom. The lowest BCUT2D eigenvalue weighted by atomic mass is 10.0. The number of amides is 2. The number of ketones is 1. The summed E-state index contributed by atoms with van der Waals surface area (Å²) >= 11 is 5.98. The van der Waals surface area contributed by atoms with Gasteiger partial charge in [-0.3, -0.25) is 14.4 Å². The maximum Gasteiger partial charge on any atom is 0.240 e. The molecule has 0 heterocycles. The summed E-state index contributed by atoms with van der Waals surface area (Å²) in [6, 6.07) is 11.8. The van der Waals surface area contributed by atoms with Gasteiger partial charge >= 0.3 is 0 Å². The van der Waals surface area contributed by atoms with Crippen molar-refractivity contribution < 1.29 is 14.4 Å². The summed E-state index contributed by atoms with van der Waals surface area (Å²) in [5.41, 5.74) is 1.54. The Hall–Kier alpha value is -2.66. The second kappa shape index (κ2) is 6.92. The summed E-state index contributed by atoms with van der Waals surface area (Å²) < 4.78 is 0. The van der Waals surface area contributed by atoms with Crippen LogP contribution in [0.4, 0.5) is 11.4 Å². The number of anilines is 2. The number of halogens is 1. The van der Waals surface area contributed by atoms with E-state index < -0.39 is 5.41 Å². The number of hydrogen-bond donors (Lipinski definition) is 2. The van der Waals surface area contributed by atoms with Crippen molar-refractivity contribution >= 4 is 40.6 Å². The molecule has 2 aromatic rings. The van der Waals surface area contributed by atoms with Crippen LogP contribution in [0.5, 0.6) is 0 Å². The number of rotatable bonds is 5. The van der Waals surface area contributed by atoms with Crippen LogP contribution in [0.3, 0.4) is 0 Å². The zero-order chi connectivity index (χ0) is 18.9. The molecule has 0 saturated heterocycles. The van der Waals surface area contributed by atoms with Crippen LogP contribution in [-0.4, -0.2) is 17.6 Å². The number of benzene rings is 2. The highest BCUT2D eigenvalue weighted by molar-refractivity contribution is 6.31. The number of nitrogens with one attached hydrogen (secondary N) is 2. The number of aryl methyl sites for hydroxylation is 1. The van der Waals surface area contributed by atoms with Gasteiger partial charge in [0.2, 0.25) is 11.8 Å². The summed E-state index contributed by atoms with van der Waals surface area (Å²) in [6.45, 7) is 3.34. The van der Waals surface area contributed by atoms with Crippen molar-refractivity contribution in [3.63, 3.8) is 0 Å². The van der Waals surface area contributed by atoms with Crippen LogP contribution in [0.2, 0.25) is 5.02 Å². The van der Waals surface area contributed by atoms with E-state index >= 15 is 0 Å². The normalized spacial score (nSPS) is 14.4. The minimum Gasteiger partial charge on any atom is -0.325 e. The molecule has 1 aliphatic rings. The maximum absolute atomic E-state index is 12.7. The molecule has 0 radical (unpaired) electrons. The van der Waals surface area contributed by atoms with Gasteiger partial charge in [-0.15, -0.1) is 0 Å². The number of carbonyl (C=O) groups excluding carboxylic acids is 3. The molecule has 0 bridgehead atoms. The molecule has 2 N–H and O–H groups in total. The number of hydrogen-bond acceptors (Lipinski definition) is 3. The van der Waals surface area contributed by atoms with Crippen LogP contribution < -0.4 is 10.6 Å². The molecule has 0 spiro atoms. The maximum atomic E-state index is 12.7. The van der Waals surface area contributed by atoms with E-state index in [1.165, 1.54) is 6.92 Å². The van der Waals surface area contributed by atoms with E-state index in [-0.39, 0.29) is 17.6 Å². The van der Waals surface area contributed by atoms with E-state index in [4.69, 9.17) is 11.6 Å². The van der Waals surface area contributed by atoms with Crippen molar-refractivity contribution in [2.45, 2.75) is 26.7 Å². The van der Waals surface area contributed by atoms with Gasteiger partial charge in [-0.2, -0.15) is 0 Å². The van der Waals surface area contributed by atoms with Crippen molar-refractivity contribution in [3.05, 3.63) is 58.6 Å². The topological polar surface area (TPSA) is 75.3 Å². The number of Topliss-reactive ketones (excluding diaryl/α,β-unsaturated/α-hetero) is 1. The fourth-order valence-corrected chi connectivity index (χ4v) is 2.86. The first-order valence-corrected chi connectivity index (χ1v) is 8.70. The molecule has 26 heavy (non-hydrogen) atoms. The Bertz CT molecular complexity index is 886. The highest BCUT2D eigenvalue weighted by atomic mass is 35.5. The Kier molecular flexibility index (Phi) is 4.83. The molecule has 134 valence electrons. The van der Waals surface area contributed by atoms with Gasteiger partial charge in [0.15, 0.2) is 5.78 Å². The highest BCUT2D eigenvalue weighted by Crippen LogP contribution is 2.47. The van der Waals surface area contributed by atoms with Crippen LogP contribution in [0, 0.1) is 12.3 Å². The van der Waals surface area contributed by atoms with E-state index in [1.54, 1.807) is 36.4 Å². The van der Waals surface area contributed by atoms with E-state index in [1.807, 2.05) is 13.0 Å². The van der Waals surface area contributed by atoms with E-state index in [9.17, 15) is 14.4 Å². The Morgan fingerprint density at radius 2 is 1.58 bits per heavy atom. The van der Waals surface area contributed by atoms with E-state index in [0.717, 1.165) is 5.56 Å². The van der Waals surface area contributed by atoms with Crippen molar-refractivity contribution in [1.29, 1.82) is 0 Å². The van der Waals surface area contributed by atoms with Gasteiger partial charge in [-0.1, -0.05) is 17.7 Å². The predicted molar refractivity (Wildman–Crippen MR) is 102 cm³/mol. The van der Waals surface area contributed by atoms with Gasteiger partial charge in [0, 0.05) is 22.0 Å². The fourth-order valence-electron chi connectivity index (χ4n) is 2.69. The molecule has 1 aliphatic carbocycles. The SMILES string of the molecule is CC(=O)c1ccc(NC(=O)C2(C(=O)Nc3cc(Cl)ccc3C)CC2)cc1. The molecular formula is C20H19ClN2O3. The zero-order valence-corrected chi connectivity index (χ0v) is 15.3. The van der Waals surface area contributed by atoms with Crippen LogP contribution in [0.15, 0.2) is 42.5 Å². The van der Waals surface area contributed by atoms with Gasteiger partial charge in [0.05, 0.1) is 0 Å². The molecule has 3 rings (SSSR count). The average Bonchev–Trinajstić information content (AvgIpc) is 3.40. The first-order chi connectivity index (χ1) is 12.3. The minimum absolute atomic E-state index is 0.0437. The number of carbonyl (C=O) groups is 3. The van der Waals surface area contributed by atoms with Gasteiger partial charge < -0.3 is 10.6 Å². The summed E-state index contributed by atoms with van der Waals surface area (Å²) in [6.07, 6.45) is 0.992. The molecule has 2 aromatic carbocycles. The molecule has 1 fully saturated rings. The molecular weight excluding hydrogens is 352 g/mol. The molecule has 0 aliphatic heterocycles. The fraction of sp³-hybridized carbons (Fsp3) is 0.250. The largest absolute Gasteiger partial charge is 0.325 e. The highest BCUT2D eigenvalue weighted by Gasteiger charge is 2.56. The predicted octanol–water partition coefficient (Wildman–Crippen LogP) is 4.21. The van der Waals surface area contributed by atoms with Crippen molar-refractivity contribution in [2.24, 2.45) is 5.41 Å². The van der Waals surface area contributed by atoms with Gasteiger partial charge in [-0.05, 0) is 68.7 Å². The Labute approximate surface area is 156 Å².